The number of carbonyl (C=O) groups is 2. The summed E-state index contributed by atoms with van der Waals surface area (Å²) in [6, 6.07) is 6.54. The predicted molar refractivity (Wildman–Crippen MR) is 60.9 cm³/mol. The van der Waals surface area contributed by atoms with Gasteiger partial charge < -0.3 is 4.74 Å². The second-order valence-electron chi connectivity index (χ2n) is 2.66. The van der Waals surface area contributed by atoms with Gasteiger partial charge in [-0.1, -0.05) is 28.1 Å². The summed E-state index contributed by atoms with van der Waals surface area (Å²) in [6.45, 7) is 0. The zero-order valence-electron chi connectivity index (χ0n) is 7.70. The van der Waals surface area contributed by atoms with E-state index in [1.807, 2.05) is 0 Å². The fourth-order valence-corrected chi connectivity index (χ4v) is 1.36. The van der Waals surface area contributed by atoms with Crippen LogP contribution < -0.4 is 4.74 Å². The van der Waals surface area contributed by atoms with E-state index < -0.39 is 5.97 Å². The first-order valence-corrected chi connectivity index (χ1v) is 5.79. The Labute approximate surface area is 100 Å². The monoisotopic (exact) mass is 290 g/mol. The number of ketones is 1. The van der Waals surface area contributed by atoms with E-state index in [1.54, 1.807) is 24.3 Å². The van der Waals surface area contributed by atoms with Crippen molar-refractivity contribution in [3.63, 3.8) is 0 Å². The minimum Gasteiger partial charge on any atom is -0.425 e. The van der Waals surface area contributed by atoms with E-state index in [9.17, 15) is 9.59 Å². The third-order valence-corrected chi connectivity index (χ3v) is 2.37. The number of rotatable bonds is 4. The molecule has 0 aliphatic rings. The summed E-state index contributed by atoms with van der Waals surface area (Å²) < 4.78 is 4.91. The van der Waals surface area contributed by atoms with Gasteiger partial charge in [-0.25, -0.2) is 0 Å². The first-order valence-electron chi connectivity index (χ1n) is 4.14. The second-order valence-corrected chi connectivity index (χ2v) is 3.49. The van der Waals surface area contributed by atoms with Crippen LogP contribution in [-0.2, 0) is 4.79 Å². The Hall–Kier alpha value is -0.870. The summed E-state index contributed by atoms with van der Waals surface area (Å²) >= 11 is 8.35. The zero-order chi connectivity index (χ0) is 11.3. The predicted octanol–water partition coefficient (Wildman–Crippen LogP) is 2.41. The van der Waals surface area contributed by atoms with Crippen molar-refractivity contribution in [2.24, 2.45) is 0 Å². The highest BCUT2D eigenvalue weighted by Gasteiger charge is 2.12. The molecule has 3 nitrogen and oxygen atoms in total. The van der Waals surface area contributed by atoms with Crippen molar-refractivity contribution < 1.29 is 14.3 Å². The maximum atomic E-state index is 11.4. The van der Waals surface area contributed by atoms with Gasteiger partial charge >= 0.3 is 5.97 Å². The topological polar surface area (TPSA) is 43.4 Å². The number of alkyl halides is 2. The van der Waals surface area contributed by atoms with Gasteiger partial charge in [-0.15, -0.1) is 11.6 Å². The van der Waals surface area contributed by atoms with Crippen molar-refractivity contribution in [3.05, 3.63) is 29.8 Å². The van der Waals surface area contributed by atoms with Crippen LogP contribution in [0.1, 0.15) is 10.4 Å². The molecule has 0 unspecified atom stereocenters. The van der Waals surface area contributed by atoms with Gasteiger partial charge in [-0.05, 0) is 12.1 Å². The molecule has 0 bridgehead atoms. The maximum Gasteiger partial charge on any atom is 0.326 e. The molecule has 0 amide bonds. The molecular formula is C10H8BrClO3. The fraction of sp³-hybridized carbons (Fsp3) is 0.200. The summed E-state index contributed by atoms with van der Waals surface area (Å²) in [4.78, 5) is 22.4. The van der Waals surface area contributed by atoms with Crippen LogP contribution in [0.4, 0.5) is 0 Å². The van der Waals surface area contributed by atoms with E-state index in [1.165, 1.54) is 0 Å². The van der Waals surface area contributed by atoms with Crippen molar-refractivity contribution in [1.29, 1.82) is 0 Å². The van der Waals surface area contributed by atoms with Gasteiger partial charge in [0, 0.05) is 0 Å². The Morgan fingerprint density at radius 1 is 1.33 bits per heavy atom. The molecule has 0 N–H and O–H groups in total. The molecule has 1 aromatic rings. The third-order valence-electron chi connectivity index (χ3n) is 1.64. The van der Waals surface area contributed by atoms with E-state index in [2.05, 4.69) is 15.9 Å². The maximum absolute atomic E-state index is 11.4. The lowest BCUT2D eigenvalue weighted by Crippen LogP contribution is -2.12. The first kappa shape index (κ1) is 12.2. The summed E-state index contributed by atoms with van der Waals surface area (Å²) in [5, 5.41) is 0.183. The number of carbonyl (C=O) groups excluding carboxylic acids is 2. The average molecular weight is 292 g/mol. The van der Waals surface area contributed by atoms with Gasteiger partial charge in [0.05, 0.1) is 10.9 Å². The molecule has 0 aromatic heterocycles. The number of Topliss-reactive ketones (excluding diaryl/α,β-unsaturated/α-hetero) is 1. The third kappa shape index (κ3) is 3.32. The Kier molecular flexibility index (Phi) is 4.78. The summed E-state index contributed by atoms with van der Waals surface area (Å²) in [5.74, 6) is -0.719. The van der Waals surface area contributed by atoms with Crippen molar-refractivity contribution in [3.8, 4) is 5.75 Å². The second kappa shape index (κ2) is 5.88. The quantitative estimate of drug-likeness (QED) is 0.370. The number of halogens is 2. The number of hydrogen-bond acceptors (Lipinski definition) is 3. The van der Waals surface area contributed by atoms with Gasteiger partial charge in [0.15, 0.2) is 5.78 Å². The molecule has 0 heterocycles. The molecule has 0 saturated heterocycles. The highest BCUT2D eigenvalue weighted by molar-refractivity contribution is 9.09. The highest BCUT2D eigenvalue weighted by Crippen LogP contribution is 2.19. The average Bonchev–Trinajstić information content (AvgIpc) is 2.28. The van der Waals surface area contributed by atoms with Gasteiger partial charge in [0.1, 0.15) is 11.6 Å². The van der Waals surface area contributed by atoms with Crippen LogP contribution in [0, 0.1) is 0 Å². The molecule has 15 heavy (non-hydrogen) atoms. The van der Waals surface area contributed by atoms with Crippen LogP contribution in [0.5, 0.6) is 5.75 Å². The summed E-state index contributed by atoms with van der Waals surface area (Å²) in [5.41, 5.74) is 0.368. The number of para-hydroxylation sites is 1. The summed E-state index contributed by atoms with van der Waals surface area (Å²) in [7, 11) is 0. The lowest BCUT2D eigenvalue weighted by atomic mass is 10.1. The van der Waals surface area contributed by atoms with Crippen LogP contribution >= 0.6 is 27.5 Å². The molecule has 1 aromatic carbocycles. The molecule has 0 aliphatic carbocycles. The van der Waals surface area contributed by atoms with Gasteiger partial charge in [-0.2, -0.15) is 0 Å². The summed E-state index contributed by atoms with van der Waals surface area (Å²) in [6.07, 6.45) is 0. The Morgan fingerprint density at radius 3 is 2.60 bits per heavy atom. The number of benzene rings is 1. The number of hydrogen-bond donors (Lipinski definition) is 0. The zero-order valence-corrected chi connectivity index (χ0v) is 10.0. The van der Waals surface area contributed by atoms with Crippen molar-refractivity contribution in [2.75, 3.05) is 11.2 Å². The fourth-order valence-electron chi connectivity index (χ4n) is 1.01. The van der Waals surface area contributed by atoms with Crippen molar-refractivity contribution >= 4 is 39.3 Å². The van der Waals surface area contributed by atoms with E-state index in [0.717, 1.165) is 0 Å². The molecule has 0 atom stereocenters. The standard InChI is InChI=1S/C10H8BrClO3/c11-5-8(13)7-3-1-2-4-9(7)15-10(14)6-12/h1-4H,5-6H2. The molecule has 0 radical (unpaired) electrons. The Bertz CT molecular complexity index is 379. The lowest BCUT2D eigenvalue weighted by molar-refractivity contribution is -0.131. The van der Waals surface area contributed by atoms with Crippen LogP contribution in [0.3, 0.4) is 0 Å². The van der Waals surface area contributed by atoms with Crippen molar-refractivity contribution in [1.82, 2.24) is 0 Å². The lowest BCUT2D eigenvalue weighted by Gasteiger charge is -2.06. The Morgan fingerprint density at radius 2 is 2.00 bits per heavy atom. The minimum absolute atomic E-state index is 0.145. The van der Waals surface area contributed by atoms with Crippen LogP contribution in [0.2, 0.25) is 0 Å². The Balaban J connectivity index is 2.96. The van der Waals surface area contributed by atoms with Gasteiger partial charge in [0.25, 0.3) is 0 Å². The van der Waals surface area contributed by atoms with Gasteiger partial charge in [-0.3, -0.25) is 9.59 Å². The molecule has 0 spiro atoms. The molecule has 0 saturated carbocycles. The molecule has 1 rings (SSSR count). The van der Waals surface area contributed by atoms with Gasteiger partial charge in [0.2, 0.25) is 0 Å². The van der Waals surface area contributed by atoms with E-state index in [-0.39, 0.29) is 22.7 Å². The first-order chi connectivity index (χ1) is 7.19. The minimum atomic E-state index is -0.577. The SMILES string of the molecule is O=C(CCl)Oc1ccccc1C(=O)CBr. The normalized spacial score (nSPS) is 9.73. The molecule has 5 heteroatoms. The number of ether oxygens (including phenoxy) is 1. The molecule has 80 valence electrons. The van der Waals surface area contributed by atoms with Crippen LogP contribution in [0.15, 0.2) is 24.3 Å². The molecular weight excluding hydrogens is 283 g/mol. The van der Waals surface area contributed by atoms with E-state index in [0.29, 0.717) is 5.56 Å². The van der Waals surface area contributed by atoms with E-state index >= 15 is 0 Å². The van der Waals surface area contributed by atoms with E-state index in [4.69, 9.17) is 16.3 Å². The highest BCUT2D eigenvalue weighted by atomic mass is 79.9. The largest absolute Gasteiger partial charge is 0.425 e. The van der Waals surface area contributed by atoms with Crippen LogP contribution in [-0.4, -0.2) is 23.0 Å². The smallest absolute Gasteiger partial charge is 0.326 e. The van der Waals surface area contributed by atoms with Crippen LogP contribution in [0.25, 0.3) is 0 Å². The molecule has 0 fully saturated rings. The van der Waals surface area contributed by atoms with Crippen molar-refractivity contribution in [2.45, 2.75) is 0 Å². The molecule has 0 aliphatic heterocycles. The number of esters is 1.